The van der Waals surface area contributed by atoms with Gasteiger partial charge in [-0.05, 0) is 61.2 Å². The quantitative estimate of drug-likeness (QED) is 0.889. The van der Waals surface area contributed by atoms with Gasteiger partial charge in [0, 0.05) is 0 Å². The molecule has 0 heterocycles. The minimum absolute atomic E-state index is 0.608. The maximum absolute atomic E-state index is 5.79. The van der Waals surface area contributed by atoms with Crippen molar-refractivity contribution in [1.82, 2.24) is 0 Å². The van der Waals surface area contributed by atoms with Gasteiger partial charge in [0.1, 0.15) is 12.4 Å². The molecule has 19 heavy (non-hydrogen) atoms. The average molecular weight is 255 g/mol. The first-order chi connectivity index (χ1) is 9.19. The molecule has 2 nitrogen and oxygen atoms in total. The van der Waals surface area contributed by atoms with Crippen molar-refractivity contribution in [1.29, 1.82) is 0 Å². The van der Waals surface area contributed by atoms with Crippen LogP contribution in [0.2, 0.25) is 0 Å². The first-order valence-corrected chi connectivity index (χ1v) is 6.67. The van der Waals surface area contributed by atoms with Crippen LogP contribution in [0.5, 0.6) is 5.75 Å². The van der Waals surface area contributed by atoms with Crippen LogP contribution in [0.3, 0.4) is 0 Å². The van der Waals surface area contributed by atoms with E-state index in [0.29, 0.717) is 13.2 Å². The van der Waals surface area contributed by atoms with E-state index in [9.17, 15) is 0 Å². The fourth-order valence-electron chi connectivity index (χ4n) is 1.98. The van der Waals surface area contributed by atoms with Crippen LogP contribution in [0.4, 0.5) is 0 Å². The lowest BCUT2D eigenvalue weighted by molar-refractivity contribution is 0.306. The summed E-state index contributed by atoms with van der Waals surface area (Å²) in [5.74, 6) is 0.902. The summed E-state index contributed by atoms with van der Waals surface area (Å²) in [6.07, 6.45) is 0.914. The van der Waals surface area contributed by atoms with Gasteiger partial charge in [-0.2, -0.15) is 0 Å². The highest BCUT2D eigenvalue weighted by Crippen LogP contribution is 2.16. The molecule has 0 spiro atoms. The second-order valence-corrected chi connectivity index (χ2v) is 4.89. The van der Waals surface area contributed by atoms with E-state index in [1.54, 1.807) is 0 Å². The number of benzene rings is 2. The minimum Gasteiger partial charge on any atom is -0.489 e. The third-order valence-corrected chi connectivity index (χ3v) is 3.33. The highest BCUT2D eigenvalue weighted by Gasteiger charge is 1.99. The molecule has 0 aliphatic heterocycles. The largest absolute Gasteiger partial charge is 0.489 e. The molecule has 0 saturated carbocycles. The minimum atomic E-state index is 0.608. The van der Waals surface area contributed by atoms with Gasteiger partial charge < -0.3 is 10.5 Å². The Labute approximate surface area is 115 Å². The zero-order valence-corrected chi connectivity index (χ0v) is 11.6. The van der Waals surface area contributed by atoms with Crippen LogP contribution >= 0.6 is 0 Å². The van der Waals surface area contributed by atoms with Crippen molar-refractivity contribution in [2.45, 2.75) is 26.9 Å². The zero-order valence-electron chi connectivity index (χ0n) is 11.6. The lowest BCUT2D eigenvalue weighted by atomic mass is 10.1. The number of hydrogen-bond acceptors (Lipinski definition) is 2. The highest BCUT2D eigenvalue weighted by atomic mass is 16.5. The van der Waals surface area contributed by atoms with Crippen LogP contribution < -0.4 is 10.5 Å². The normalized spacial score (nSPS) is 10.5. The van der Waals surface area contributed by atoms with Crippen molar-refractivity contribution < 1.29 is 4.74 Å². The van der Waals surface area contributed by atoms with Gasteiger partial charge >= 0.3 is 0 Å². The SMILES string of the molecule is Cc1ccc(COc2ccc(CCN)cc2)cc1C. The molecule has 100 valence electrons. The van der Waals surface area contributed by atoms with Crippen molar-refractivity contribution in [3.05, 3.63) is 64.7 Å². The van der Waals surface area contributed by atoms with Gasteiger partial charge in [-0.15, -0.1) is 0 Å². The lowest BCUT2D eigenvalue weighted by Crippen LogP contribution is -2.02. The Balaban J connectivity index is 1.96. The van der Waals surface area contributed by atoms with Crippen molar-refractivity contribution in [3.63, 3.8) is 0 Å². The predicted molar refractivity (Wildman–Crippen MR) is 79.4 cm³/mol. The fourth-order valence-corrected chi connectivity index (χ4v) is 1.98. The molecule has 2 heteroatoms. The first kappa shape index (κ1) is 13.6. The Bertz CT molecular complexity index is 531. The van der Waals surface area contributed by atoms with E-state index in [2.05, 4.69) is 44.2 Å². The number of rotatable bonds is 5. The molecule has 2 aromatic carbocycles. The van der Waals surface area contributed by atoms with E-state index in [4.69, 9.17) is 10.5 Å². The third-order valence-electron chi connectivity index (χ3n) is 3.33. The second kappa shape index (κ2) is 6.39. The molecule has 0 aromatic heterocycles. The fraction of sp³-hybridized carbons (Fsp3) is 0.294. The number of nitrogens with two attached hydrogens (primary N) is 1. The van der Waals surface area contributed by atoms with Crippen molar-refractivity contribution >= 4 is 0 Å². The van der Waals surface area contributed by atoms with E-state index in [1.165, 1.54) is 22.3 Å². The molecule has 0 aliphatic rings. The van der Waals surface area contributed by atoms with Gasteiger partial charge in [0.15, 0.2) is 0 Å². The van der Waals surface area contributed by atoms with Crippen LogP contribution in [0, 0.1) is 13.8 Å². The van der Waals surface area contributed by atoms with Crippen LogP contribution in [0.1, 0.15) is 22.3 Å². The molecule has 0 saturated heterocycles. The smallest absolute Gasteiger partial charge is 0.119 e. The second-order valence-electron chi connectivity index (χ2n) is 4.89. The molecule has 0 unspecified atom stereocenters. The molecule has 0 atom stereocenters. The van der Waals surface area contributed by atoms with E-state index in [1.807, 2.05) is 12.1 Å². The maximum Gasteiger partial charge on any atom is 0.119 e. The summed E-state index contributed by atoms with van der Waals surface area (Å²) in [6.45, 7) is 5.54. The Morgan fingerprint density at radius 3 is 2.21 bits per heavy atom. The summed E-state index contributed by atoms with van der Waals surface area (Å²) in [7, 11) is 0. The van der Waals surface area contributed by atoms with Crippen LogP contribution in [-0.2, 0) is 13.0 Å². The molecule has 0 fully saturated rings. The number of hydrogen-bond donors (Lipinski definition) is 1. The van der Waals surface area contributed by atoms with E-state index in [0.717, 1.165) is 12.2 Å². The predicted octanol–water partition coefficient (Wildman–Crippen LogP) is 3.38. The van der Waals surface area contributed by atoms with Crippen LogP contribution in [-0.4, -0.2) is 6.54 Å². The lowest BCUT2D eigenvalue weighted by Gasteiger charge is -2.09. The van der Waals surface area contributed by atoms with Gasteiger partial charge in [-0.3, -0.25) is 0 Å². The summed E-state index contributed by atoms with van der Waals surface area (Å²) >= 11 is 0. The zero-order chi connectivity index (χ0) is 13.7. The van der Waals surface area contributed by atoms with E-state index < -0.39 is 0 Å². The van der Waals surface area contributed by atoms with Crippen molar-refractivity contribution in [3.8, 4) is 5.75 Å². The maximum atomic E-state index is 5.79. The summed E-state index contributed by atoms with van der Waals surface area (Å²) < 4.78 is 5.79. The molecule has 0 radical (unpaired) electrons. The molecule has 0 amide bonds. The highest BCUT2D eigenvalue weighted by molar-refractivity contribution is 5.31. The third kappa shape index (κ3) is 3.83. The first-order valence-electron chi connectivity index (χ1n) is 6.67. The summed E-state index contributed by atoms with van der Waals surface area (Å²) in [5, 5.41) is 0. The molecular formula is C17H21NO. The van der Waals surface area contributed by atoms with Gasteiger partial charge in [0.2, 0.25) is 0 Å². The Morgan fingerprint density at radius 1 is 0.895 bits per heavy atom. The number of ether oxygens (including phenoxy) is 1. The molecule has 0 aliphatic carbocycles. The summed E-state index contributed by atoms with van der Waals surface area (Å²) in [6, 6.07) is 14.6. The number of aryl methyl sites for hydroxylation is 2. The van der Waals surface area contributed by atoms with Crippen molar-refractivity contribution in [2.75, 3.05) is 6.54 Å². The van der Waals surface area contributed by atoms with E-state index in [-0.39, 0.29) is 0 Å². The molecule has 0 bridgehead atoms. The molecular weight excluding hydrogens is 234 g/mol. The molecule has 2 rings (SSSR count). The van der Waals surface area contributed by atoms with Gasteiger partial charge in [-0.25, -0.2) is 0 Å². The van der Waals surface area contributed by atoms with Gasteiger partial charge in [-0.1, -0.05) is 30.3 Å². The topological polar surface area (TPSA) is 35.2 Å². The standard InChI is InChI=1S/C17H21NO/c1-13-3-4-16(11-14(13)2)12-19-17-7-5-15(6-8-17)9-10-18/h3-8,11H,9-10,12,18H2,1-2H3. The molecule has 2 N–H and O–H groups in total. The van der Waals surface area contributed by atoms with Crippen LogP contribution in [0.15, 0.2) is 42.5 Å². The average Bonchev–Trinajstić information content (AvgIpc) is 2.42. The van der Waals surface area contributed by atoms with Crippen molar-refractivity contribution in [2.24, 2.45) is 5.73 Å². The van der Waals surface area contributed by atoms with Gasteiger partial charge in [0.25, 0.3) is 0 Å². The van der Waals surface area contributed by atoms with Crippen LogP contribution in [0.25, 0.3) is 0 Å². The Morgan fingerprint density at radius 2 is 1.58 bits per heavy atom. The molecule has 2 aromatic rings. The monoisotopic (exact) mass is 255 g/mol. The summed E-state index contributed by atoms with van der Waals surface area (Å²) in [5.41, 5.74) is 10.6. The Kier molecular flexibility index (Phi) is 4.58. The van der Waals surface area contributed by atoms with Gasteiger partial charge in [0.05, 0.1) is 0 Å². The van der Waals surface area contributed by atoms with E-state index >= 15 is 0 Å². The summed E-state index contributed by atoms with van der Waals surface area (Å²) in [4.78, 5) is 0. The Hall–Kier alpha value is -1.80.